The van der Waals surface area contributed by atoms with Gasteiger partial charge in [-0.2, -0.15) is 0 Å². The van der Waals surface area contributed by atoms with Crippen molar-refractivity contribution in [3.05, 3.63) is 58.9 Å². The van der Waals surface area contributed by atoms with Crippen molar-refractivity contribution in [3.63, 3.8) is 0 Å². The summed E-state index contributed by atoms with van der Waals surface area (Å²) in [4.78, 5) is 0. The van der Waals surface area contributed by atoms with Gasteiger partial charge >= 0.3 is 0 Å². The SMILES string of the molecule is NCCc1ccc(OCCOc2ccc(F)c(Cl)c2)cc1. The fourth-order valence-corrected chi connectivity index (χ4v) is 1.98. The van der Waals surface area contributed by atoms with Gasteiger partial charge in [0, 0.05) is 6.07 Å². The van der Waals surface area contributed by atoms with Crippen LogP contribution in [0.4, 0.5) is 4.39 Å². The Bertz CT molecular complexity index is 575. The molecule has 0 saturated heterocycles. The van der Waals surface area contributed by atoms with Crippen LogP contribution in [-0.4, -0.2) is 19.8 Å². The van der Waals surface area contributed by atoms with Gasteiger partial charge in [0.1, 0.15) is 30.5 Å². The van der Waals surface area contributed by atoms with E-state index in [0.717, 1.165) is 12.2 Å². The van der Waals surface area contributed by atoms with E-state index in [1.54, 1.807) is 0 Å². The lowest BCUT2D eigenvalue weighted by atomic mass is 10.1. The third-order valence-corrected chi connectivity index (χ3v) is 3.16. The predicted molar refractivity (Wildman–Crippen MR) is 81.6 cm³/mol. The monoisotopic (exact) mass is 309 g/mol. The van der Waals surface area contributed by atoms with Gasteiger partial charge in [-0.3, -0.25) is 0 Å². The number of ether oxygens (including phenoxy) is 2. The number of hydrogen-bond acceptors (Lipinski definition) is 3. The third kappa shape index (κ3) is 4.92. The molecule has 0 aliphatic heterocycles. The number of nitrogens with two attached hydrogens (primary N) is 1. The molecular formula is C16H17ClFNO2. The van der Waals surface area contributed by atoms with Gasteiger partial charge in [0.05, 0.1) is 5.02 Å². The largest absolute Gasteiger partial charge is 0.490 e. The molecule has 0 unspecified atom stereocenters. The van der Waals surface area contributed by atoms with Crippen LogP contribution in [0.3, 0.4) is 0 Å². The van der Waals surface area contributed by atoms with Gasteiger partial charge in [-0.05, 0) is 42.8 Å². The van der Waals surface area contributed by atoms with Crippen molar-refractivity contribution < 1.29 is 13.9 Å². The Kier molecular flexibility index (Phi) is 5.84. The lowest BCUT2D eigenvalue weighted by molar-refractivity contribution is 0.217. The maximum absolute atomic E-state index is 13.0. The van der Waals surface area contributed by atoms with Crippen LogP contribution in [0, 0.1) is 5.82 Å². The van der Waals surface area contributed by atoms with E-state index in [0.29, 0.717) is 25.5 Å². The van der Waals surface area contributed by atoms with Gasteiger partial charge in [0.25, 0.3) is 0 Å². The van der Waals surface area contributed by atoms with Crippen LogP contribution in [-0.2, 0) is 6.42 Å². The molecule has 21 heavy (non-hydrogen) atoms. The minimum Gasteiger partial charge on any atom is -0.490 e. The first-order valence-electron chi connectivity index (χ1n) is 6.68. The van der Waals surface area contributed by atoms with E-state index in [-0.39, 0.29) is 5.02 Å². The highest BCUT2D eigenvalue weighted by molar-refractivity contribution is 6.30. The molecule has 0 amide bonds. The van der Waals surface area contributed by atoms with Gasteiger partial charge in [-0.25, -0.2) is 4.39 Å². The van der Waals surface area contributed by atoms with E-state index in [2.05, 4.69) is 0 Å². The summed E-state index contributed by atoms with van der Waals surface area (Å²) < 4.78 is 24.0. The number of hydrogen-bond donors (Lipinski definition) is 1. The van der Waals surface area contributed by atoms with Crippen LogP contribution >= 0.6 is 11.6 Å². The zero-order valence-electron chi connectivity index (χ0n) is 11.5. The topological polar surface area (TPSA) is 44.5 Å². The van der Waals surface area contributed by atoms with Gasteiger partial charge in [0.2, 0.25) is 0 Å². The van der Waals surface area contributed by atoms with Gasteiger partial charge in [-0.1, -0.05) is 23.7 Å². The first-order chi connectivity index (χ1) is 10.2. The minimum absolute atomic E-state index is 0.0453. The van der Waals surface area contributed by atoms with E-state index in [1.165, 1.54) is 23.8 Å². The van der Waals surface area contributed by atoms with Crippen LogP contribution < -0.4 is 15.2 Å². The fourth-order valence-electron chi connectivity index (χ4n) is 1.80. The second-order valence-corrected chi connectivity index (χ2v) is 4.86. The summed E-state index contributed by atoms with van der Waals surface area (Å²) in [5.41, 5.74) is 6.67. The summed E-state index contributed by atoms with van der Waals surface area (Å²) in [6.45, 7) is 1.38. The molecule has 0 fully saturated rings. The Morgan fingerprint density at radius 2 is 1.57 bits per heavy atom. The molecule has 112 valence electrons. The summed E-state index contributed by atoms with van der Waals surface area (Å²) in [5, 5.41) is 0.0453. The minimum atomic E-state index is -0.460. The first-order valence-corrected chi connectivity index (χ1v) is 7.06. The van der Waals surface area contributed by atoms with E-state index < -0.39 is 5.82 Å². The molecule has 0 aromatic heterocycles. The highest BCUT2D eigenvalue weighted by Gasteiger charge is 2.02. The molecule has 2 aromatic rings. The summed E-state index contributed by atoms with van der Waals surface area (Å²) in [7, 11) is 0. The van der Waals surface area contributed by atoms with Gasteiger partial charge in [-0.15, -0.1) is 0 Å². The van der Waals surface area contributed by atoms with Crippen molar-refractivity contribution in [1.29, 1.82) is 0 Å². The van der Waals surface area contributed by atoms with Gasteiger partial charge in [0.15, 0.2) is 0 Å². The predicted octanol–water partition coefficient (Wildman–Crippen LogP) is 3.44. The molecule has 3 nitrogen and oxygen atoms in total. The number of halogens is 2. The molecule has 0 bridgehead atoms. The standard InChI is InChI=1S/C16H17ClFNO2/c17-15-11-14(5-6-16(15)18)21-10-9-20-13-3-1-12(2-4-13)7-8-19/h1-6,11H,7-10,19H2. The molecule has 0 radical (unpaired) electrons. The van der Waals surface area contributed by atoms with Crippen molar-refractivity contribution in [2.45, 2.75) is 6.42 Å². The second-order valence-electron chi connectivity index (χ2n) is 4.46. The zero-order chi connectivity index (χ0) is 15.1. The zero-order valence-corrected chi connectivity index (χ0v) is 12.3. The number of rotatable bonds is 7. The average Bonchev–Trinajstić information content (AvgIpc) is 2.49. The van der Waals surface area contributed by atoms with E-state index in [1.807, 2.05) is 24.3 Å². The molecule has 0 heterocycles. The molecule has 0 spiro atoms. The van der Waals surface area contributed by atoms with Crippen molar-refractivity contribution >= 4 is 11.6 Å². The van der Waals surface area contributed by atoms with E-state index >= 15 is 0 Å². The Hall–Kier alpha value is -1.78. The van der Waals surface area contributed by atoms with Crippen LogP contribution in [0.25, 0.3) is 0 Å². The first kappa shape index (κ1) is 15.6. The summed E-state index contributed by atoms with van der Waals surface area (Å²) in [6.07, 6.45) is 0.856. The Morgan fingerprint density at radius 1 is 0.952 bits per heavy atom. The second kappa shape index (κ2) is 7.86. The molecule has 0 atom stereocenters. The maximum atomic E-state index is 13.0. The van der Waals surface area contributed by atoms with E-state index in [9.17, 15) is 4.39 Å². The van der Waals surface area contributed by atoms with Crippen LogP contribution in [0.2, 0.25) is 5.02 Å². The molecule has 0 saturated carbocycles. The Labute approximate surface area is 128 Å². The van der Waals surface area contributed by atoms with E-state index in [4.69, 9.17) is 26.8 Å². The Morgan fingerprint density at radius 3 is 2.19 bits per heavy atom. The lowest BCUT2D eigenvalue weighted by Crippen LogP contribution is -2.09. The smallest absolute Gasteiger partial charge is 0.142 e. The molecule has 5 heteroatoms. The lowest BCUT2D eigenvalue weighted by Gasteiger charge is -2.09. The van der Waals surface area contributed by atoms with Crippen LogP contribution in [0.5, 0.6) is 11.5 Å². The third-order valence-electron chi connectivity index (χ3n) is 2.87. The molecule has 2 rings (SSSR count). The van der Waals surface area contributed by atoms with Crippen molar-refractivity contribution in [2.75, 3.05) is 19.8 Å². The average molecular weight is 310 g/mol. The fraction of sp³-hybridized carbons (Fsp3) is 0.250. The van der Waals surface area contributed by atoms with Crippen molar-refractivity contribution in [2.24, 2.45) is 5.73 Å². The summed E-state index contributed by atoms with van der Waals surface area (Å²) in [5.74, 6) is 0.831. The molecule has 0 aliphatic rings. The highest BCUT2D eigenvalue weighted by atomic mass is 35.5. The Balaban J connectivity index is 1.75. The molecule has 2 aromatic carbocycles. The normalized spacial score (nSPS) is 10.4. The number of benzene rings is 2. The maximum Gasteiger partial charge on any atom is 0.142 e. The van der Waals surface area contributed by atoms with Crippen molar-refractivity contribution in [1.82, 2.24) is 0 Å². The van der Waals surface area contributed by atoms with Crippen LogP contribution in [0.1, 0.15) is 5.56 Å². The highest BCUT2D eigenvalue weighted by Crippen LogP contribution is 2.21. The molecule has 0 aliphatic carbocycles. The van der Waals surface area contributed by atoms with Crippen LogP contribution in [0.15, 0.2) is 42.5 Å². The summed E-state index contributed by atoms with van der Waals surface area (Å²) in [6, 6.07) is 12.0. The van der Waals surface area contributed by atoms with Crippen molar-refractivity contribution in [3.8, 4) is 11.5 Å². The van der Waals surface area contributed by atoms with Gasteiger partial charge < -0.3 is 15.2 Å². The summed E-state index contributed by atoms with van der Waals surface area (Å²) >= 11 is 5.67. The molecule has 2 N–H and O–H groups in total. The molecular weight excluding hydrogens is 293 g/mol. The quantitative estimate of drug-likeness (QED) is 0.797.